The SMILES string of the molecule is Nc1ccc(-c2nc3ccccc3s2)c(OCCC[18F])c1. The lowest BCUT2D eigenvalue weighted by atomic mass is 10.2. The molecule has 3 nitrogen and oxygen atoms in total. The van der Waals surface area contributed by atoms with E-state index in [4.69, 9.17) is 10.5 Å². The molecule has 0 radical (unpaired) electrons. The van der Waals surface area contributed by atoms with Crippen LogP contribution in [-0.2, 0) is 0 Å². The predicted octanol–water partition coefficient (Wildman–Crippen LogP) is 4.28. The van der Waals surface area contributed by atoms with Gasteiger partial charge in [-0.15, -0.1) is 11.3 Å². The highest BCUT2D eigenvalue weighted by molar-refractivity contribution is 7.21. The van der Waals surface area contributed by atoms with Gasteiger partial charge in [-0.2, -0.15) is 0 Å². The fraction of sp³-hybridized carbons (Fsp3) is 0.188. The summed E-state index contributed by atoms with van der Waals surface area (Å²) in [6, 6.07) is 13.5. The summed E-state index contributed by atoms with van der Waals surface area (Å²) in [5, 5.41) is 0.881. The van der Waals surface area contributed by atoms with Crippen molar-refractivity contribution in [1.29, 1.82) is 0 Å². The summed E-state index contributed by atoms with van der Waals surface area (Å²) in [4.78, 5) is 4.63. The molecule has 0 fully saturated rings. The number of benzene rings is 2. The van der Waals surface area contributed by atoms with Crippen LogP contribution in [0.15, 0.2) is 42.5 Å². The summed E-state index contributed by atoms with van der Waals surface area (Å²) >= 11 is 1.60. The second-order valence-corrected chi connectivity index (χ2v) is 5.66. The van der Waals surface area contributed by atoms with Gasteiger partial charge in [-0.1, -0.05) is 12.1 Å². The molecule has 21 heavy (non-hydrogen) atoms. The monoisotopic (exact) mass is 301 g/mol. The first kappa shape index (κ1) is 13.8. The maximum Gasteiger partial charge on any atom is 0.131 e. The van der Waals surface area contributed by atoms with Gasteiger partial charge < -0.3 is 10.5 Å². The predicted molar refractivity (Wildman–Crippen MR) is 85.6 cm³/mol. The zero-order valence-corrected chi connectivity index (χ0v) is 12.2. The second-order valence-electron chi connectivity index (χ2n) is 4.63. The van der Waals surface area contributed by atoms with Crippen molar-refractivity contribution < 1.29 is 9.13 Å². The molecule has 108 valence electrons. The van der Waals surface area contributed by atoms with Gasteiger partial charge in [0, 0.05) is 18.2 Å². The number of hydrogen-bond acceptors (Lipinski definition) is 4. The van der Waals surface area contributed by atoms with E-state index in [0.29, 0.717) is 24.5 Å². The van der Waals surface area contributed by atoms with E-state index in [2.05, 4.69) is 4.98 Å². The third kappa shape index (κ3) is 2.97. The highest BCUT2D eigenvalue weighted by Gasteiger charge is 2.12. The molecule has 0 spiro atoms. The highest BCUT2D eigenvalue weighted by Crippen LogP contribution is 2.36. The molecule has 3 aromatic rings. The molecule has 2 N–H and O–H groups in total. The molecule has 1 heterocycles. The Morgan fingerprint density at radius 3 is 2.86 bits per heavy atom. The number of alkyl halides is 1. The van der Waals surface area contributed by atoms with Gasteiger partial charge in [-0.3, -0.25) is 4.39 Å². The quantitative estimate of drug-likeness (QED) is 0.565. The molecule has 0 atom stereocenters. The number of anilines is 1. The van der Waals surface area contributed by atoms with Crippen molar-refractivity contribution in [1.82, 2.24) is 4.98 Å². The normalized spacial score (nSPS) is 10.9. The number of nitrogens with zero attached hydrogens (tertiary/aromatic N) is 1. The first-order chi connectivity index (χ1) is 10.3. The van der Waals surface area contributed by atoms with Gasteiger partial charge in [0.1, 0.15) is 10.8 Å². The number of ether oxygens (including phenoxy) is 1. The Bertz CT molecular complexity index is 724. The van der Waals surface area contributed by atoms with Gasteiger partial charge >= 0.3 is 0 Å². The largest absolute Gasteiger partial charge is 0.493 e. The van der Waals surface area contributed by atoms with Gasteiger partial charge in [0.15, 0.2) is 0 Å². The Labute approximate surface area is 126 Å². The van der Waals surface area contributed by atoms with E-state index in [1.807, 2.05) is 36.4 Å². The van der Waals surface area contributed by atoms with Crippen LogP contribution >= 0.6 is 11.3 Å². The van der Waals surface area contributed by atoms with Gasteiger partial charge in [-0.25, -0.2) is 4.98 Å². The molecule has 0 aliphatic heterocycles. The fourth-order valence-electron chi connectivity index (χ4n) is 2.06. The summed E-state index contributed by atoms with van der Waals surface area (Å²) in [6.45, 7) is -0.0589. The average molecular weight is 301 g/mol. The third-order valence-electron chi connectivity index (χ3n) is 3.07. The topological polar surface area (TPSA) is 48.1 Å². The van der Waals surface area contributed by atoms with Crippen LogP contribution in [0.5, 0.6) is 5.75 Å². The molecule has 0 saturated carbocycles. The zero-order chi connectivity index (χ0) is 14.7. The standard InChI is InChI=1S/C16H15FN2OS/c17-8-3-9-20-14-10-11(18)6-7-12(14)16-19-13-4-1-2-5-15(13)21-16/h1-2,4-7,10H,3,8-9,18H2/i17-1. The van der Waals surface area contributed by atoms with E-state index >= 15 is 0 Å². The van der Waals surface area contributed by atoms with Gasteiger partial charge in [0.2, 0.25) is 0 Å². The van der Waals surface area contributed by atoms with Crippen molar-refractivity contribution in [3.8, 4) is 16.3 Å². The number of rotatable bonds is 5. The van der Waals surface area contributed by atoms with Gasteiger partial charge in [0.05, 0.1) is 29.1 Å². The molecule has 1 aromatic heterocycles. The Hall–Kier alpha value is -2.14. The number of halogens is 1. The van der Waals surface area contributed by atoms with E-state index in [1.165, 1.54) is 0 Å². The molecule has 0 bridgehead atoms. The Balaban J connectivity index is 1.99. The maximum atomic E-state index is 12.2. The molecule has 0 saturated heterocycles. The molecule has 0 amide bonds. The third-order valence-corrected chi connectivity index (χ3v) is 4.14. The summed E-state index contributed by atoms with van der Waals surface area (Å²) in [5.41, 5.74) is 8.29. The zero-order valence-electron chi connectivity index (χ0n) is 11.4. The van der Waals surface area contributed by atoms with Crippen LogP contribution in [0, 0.1) is 0 Å². The van der Waals surface area contributed by atoms with Crippen molar-refractivity contribution in [3.63, 3.8) is 0 Å². The van der Waals surface area contributed by atoms with Crippen molar-refractivity contribution in [2.24, 2.45) is 0 Å². The van der Waals surface area contributed by atoms with Crippen LogP contribution in [0.1, 0.15) is 6.42 Å². The highest BCUT2D eigenvalue weighted by atomic mass is 32.1. The molecule has 0 aliphatic rings. The summed E-state index contributed by atoms with van der Waals surface area (Å²) < 4.78 is 19.0. The van der Waals surface area contributed by atoms with Crippen LogP contribution in [0.2, 0.25) is 0 Å². The minimum atomic E-state index is -0.390. The molecule has 3 rings (SSSR count). The summed E-state index contributed by atoms with van der Waals surface area (Å²) in [7, 11) is 0. The minimum Gasteiger partial charge on any atom is -0.493 e. The van der Waals surface area contributed by atoms with Crippen molar-refractivity contribution in [2.75, 3.05) is 19.0 Å². The van der Waals surface area contributed by atoms with E-state index < -0.39 is 6.67 Å². The Morgan fingerprint density at radius 2 is 2.05 bits per heavy atom. The lowest BCUT2D eigenvalue weighted by Crippen LogP contribution is -2.00. The number of nitrogen functional groups attached to an aromatic ring is 1. The van der Waals surface area contributed by atoms with Crippen molar-refractivity contribution in [2.45, 2.75) is 6.42 Å². The van der Waals surface area contributed by atoms with Crippen LogP contribution in [0.3, 0.4) is 0 Å². The molecule has 0 unspecified atom stereocenters. The first-order valence-corrected chi connectivity index (χ1v) is 7.54. The number of nitrogens with two attached hydrogens (primary N) is 1. The number of fused-ring (bicyclic) bond motifs is 1. The van der Waals surface area contributed by atoms with Crippen LogP contribution in [-0.4, -0.2) is 18.3 Å². The lowest BCUT2D eigenvalue weighted by molar-refractivity contribution is 0.291. The second kappa shape index (κ2) is 6.10. The van der Waals surface area contributed by atoms with Gasteiger partial charge in [0.25, 0.3) is 0 Å². The molecular weight excluding hydrogens is 286 g/mol. The molecule has 2 aromatic carbocycles. The van der Waals surface area contributed by atoms with Crippen LogP contribution in [0.4, 0.5) is 10.1 Å². The summed E-state index contributed by atoms with van der Waals surface area (Å²) in [5.74, 6) is 0.655. The minimum absolute atomic E-state index is 0.331. The molecular formula is C16H15FN2OS. The smallest absolute Gasteiger partial charge is 0.131 e. The van der Waals surface area contributed by atoms with E-state index in [9.17, 15) is 4.39 Å². The fourth-order valence-corrected chi connectivity index (χ4v) is 3.05. The van der Waals surface area contributed by atoms with Gasteiger partial charge in [-0.05, 0) is 24.3 Å². The number of aromatic nitrogens is 1. The number of hydrogen-bond donors (Lipinski definition) is 1. The number of thiazole rings is 1. The first-order valence-electron chi connectivity index (χ1n) is 6.72. The lowest BCUT2D eigenvalue weighted by Gasteiger charge is -2.10. The number of para-hydroxylation sites is 1. The van der Waals surface area contributed by atoms with Crippen molar-refractivity contribution in [3.05, 3.63) is 42.5 Å². The van der Waals surface area contributed by atoms with Crippen LogP contribution < -0.4 is 10.5 Å². The maximum absolute atomic E-state index is 12.2. The van der Waals surface area contributed by atoms with E-state index in [-0.39, 0.29) is 0 Å². The molecule has 0 aliphatic carbocycles. The van der Waals surface area contributed by atoms with E-state index in [0.717, 1.165) is 20.8 Å². The van der Waals surface area contributed by atoms with Crippen molar-refractivity contribution >= 4 is 27.2 Å². The molecule has 5 heteroatoms. The summed E-state index contributed by atoms with van der Waals surface area (Å²) in [6.07, 6.45) is 0.369. The van der Waals surface area contributed by atoms with E-state index in [1.54, 1.807) is 17.4 Å². The van der Waals surface area contributed by atoms with Crippen LogP contribution in [0.25, 0.3) is 20.8 Å². The average Bonchev–Trinajstić information content (AvgIpc) is 2.91. The Kier molecular flexibility index (Phi) is 4.01. The Morgan fingerprint density at radius 1 is 1.19 bits per heavy atom.